The number of nitrogens with zero attached hydrogens (tertiary/aromatic N) is 1. The van der Waals surface area contributed by atoms with Crippen molar-refractivity contribution in [3.8, 4) is 0 Å². The molecule has 20 heavy (non-hydrogen) atoms. The summed E-state index contributed by atoms with van der Waals surface area (Å²) in [5.74, 6) is -0.0885. The molecule has 0 fully saturated rings. The van der Waals surface area contributed by atoms with Crippen molar-refractivity contribution in [2.45, 2.75) is 19.0 Å². The van der Waals surface area contributed by atoms with E-state index in [1.54, 1.807) is 18.5 Å². The molecule has 1 aromatic heterocycles. The van der Waals surface area contributed by atoms with E-state index in [0.717, 1.165) is 0 Å². The van der Waals surface area contributed by atoms with Gasteiger partial charge in [0.05, 0.1) is 22.9 Å². The number of halogens is 1. The van der Waals surface area contributed by atoms with Crippen LogP contribution in [-0.2, 0) is 17.8 Å². The van der Waals surface area contributed by atoms with Crippen LogP contribution in [0.1, 0.15) is 11.1 Å². The van der Waals surface area contributed by atoms with Crippen LogP contribution in [-0.4, -0.2) is 16.9 Å². The molecule has 1 amide bonds. The summed E-state index contributed by atoms with van der Waals surface area (Å²) in [5, 5.41) is 6.54. The van der Waals surface area contributed by atoms with E-state index < -0.39 is 0 Å². The number of hydrogen-bond acceptors (Lipinski definition) is 3. The first-order valence-electron chi connectivity index (χ1n) is 6.44. The van der Waals surface area contributed by atoms with Crippen molar-refractivity contribution >= 4 is 23.2 Å². The highest BCUT2D eigenvalue weighted by Gasteiger charge is 2.24. The predicted octanol–water partition coefficient (Wildman–Crippen LogP) is 2.39. The molecule has 0 saturated heterocycles. The van der Waals surface area contributed by atoms with E-state index in [4.69, 9.17) is 11.6 Å². The van der Waals surface area contributed by atoms with Crippen LogP contribution in [0, 0.1) is 0 Å². The molecule has 1 aromatic carbocycles. The number of rotatable bonds is 2. The van der Waals surface area contributed by atoms with Crippen LogP contribution in [0.3, 0.4) is 0 Å². The highest BCUT2D eigenvalue weighted by Crippen LogP contribution is 2.21. The van der Waals surface area contributed by atoms with Gasteiger partial charge in [0, 0.05) is 12.7 Å². The first-order chi connectivity index (χ1) is 9.74. The van der Waals surface area contributed by atoms with Gasteiger partial charge in [0.1, 0.15) is 0 Å². The Bertz CT molecular complexity index is 645. The van der Waals surface area contributed by atoms with Crippen molar-refractivity contribution in [3.05, 3.63) is 58.9 Å². The fraction of sp³-hybridized carbons (Fsp3) is 0.200. The molecule has 5 heteroatoms. The van der Waals surface area contributed by atoms with Gasteiger partial charge in [-0.2, -0.15) is 0 Å². The molecule has 1 atom stereocenters. The van der Waals surface area contributed by atoms with Gasteiger partial charge in [-0.3, -0.25) is 9.78 Å². The summed E-state index contributed by atoms with van der Waals surface area (Å²) in [6.07, 6.45) is 3.82. The van der Waals surface area contributed by atoms with Crippen molar-refractivity contribution in [3.63, 3.8) is 0 Å². The van der Waals surface area contributed by atoms with Crippen molar-refractivity contribution < 1.29 is 4.79 Å². The summed E-state index contributed by atoms with van der Waals surface area (Å²) in [5.41, 5.74) is 3.00. The molecule has 0 bridgehead atoms. The zero-order valence-corrected chi connectivity index (χ0v) is 11.5. The number of aromatic nitrogens is 1. The summed E-state index contributed by atoms with van der Waals surface area (Å²) in [4.78, 5) is 16.2. The Morgan fingerprint density at radius 2 is 2.10 bits per heavy atom. The van der Waals surface area contributed by atoms with E-state index in [-0.39, 0.29) is 11.9 Å². The fourth-order valence-corrected chi connectivity index (χ4v) is 2.48. The Balaban J connectivity index is 1.72. The molecule has 2 heterocycles. The third-order valence-electron chi connectivity index (χ3n) is 3.42. The zero-order chi connectivity index (χ0) is 13.9. The monoisotopic (exact) mass is 287 g/mol. The Labute approximate surface area is 122 Å². The van der Waals surface area contributed by atoms with Gasteiger partial charge in [0.2, 0.25) is 5.91 Å². The van der Waals surface area contributed by atoms with Gasteiger partial charge in [-0.1, -0.05) is 35.9 Å². The summed E-state index contributed by atoms with van der Waals surface area (Å²) < 4.78 is 0. The second-order valence-electron chi connectivity index (χ2n) is 4.75. The largest absolute Gasteiger partial charge is 0.322 e. The minimum Gasteiger partial charge on any atom is -0.322 e. The van der Waals surface area contributed by atoms with Crippen molar-refractivity contribution in [2.24, 2.45) is 0 Å². The Hall–Kier alpha value is -1.91. The fourth-order valence-electron chi connectivity index (χ4n) is 2.33. The molecule has 0 radical (unpaired) electrons. The molecule has 2 N–H and O–H groups in total. The number of nitrogens with one attached hydrogen (secondary N) is 2. The van der Waals surface area contributed by atoms with Crippen LogP contribution in [0.5, 0.6) is 0 Å². The van der Waals surface area contributed by atoms with Crippen molar-refractivity contribution in [1.82, 2.24) is 10.3 Å². The number of carbonyl (C=O) groups excluding carboxylic acids is 1. The summed E-state index contributed by atoms with van der Waals surface area (Å²) in [6.45, 7) is 0.703. The molecule has 0 saturated carbocycles. The molecule has 1 aliphatic rings. The van der Waals surface area contributed by atoms with E-state index in [0.29, 0.717) is 23.7 Å². The van der Waals surface area contributed by atoms with E-state index in [2.05, 4.69) is 27.8 Å². The summed E-state index contributed by atoms with van der Waals surface area (Å²) in [7, 11) is 0. The average Bonchev–Trinajstić information content (AvgIpc) is 2.49. The van der Waals surface area contributed by atoms with Gasteiger partial charge < -0.3 is 10.6 Å². The van der Waals surface area contributed by atoms with E-state index in [9.17, 15) is 4.79 Å². The third-order valence-corrected chi connectivity index (χ3v) is 3.75. The Morgan fingerprint density at radius 1 is 1.30 bits per heavy atom. The molecule has 3 rings (SSSR count). The second-order valence-corrected chi connectivity index (χ2v) is 5.16. The maximum Gasteiger partial charge on any atom is 0.241 e. The highest BCUT2D eigenvalue weighted by atomic mass is 35.5. The first-order valence-corrected chi connectivity index (χ1v) is 6.82. The minimum atomic E-state index is -0.249. The number of anilines is 1. The number of pyridine rings is 1. The highest BCUT2D eigenvalue weighted by molar-refractivity contribution is 6.33. The van der Waals surface area contributed by atoms with E-state index in [1.165, 1.54) is 11.1 Å². The summed E-state index contributed by atoms with van der Waals surface area (Å²) >= 11 is 6.01. The molecule has 0 spiro atoms. The van der Waals surface area contributed by atoms with Gasteiger partial charge in [0.15, 0.2) is 0 Å². The lowest BCUT2D eigenvalue weighted by Gasteiger charge is -2.25. The Morgan fingerprint density at radius 3 is 2.90 bits per heavy atom. The van der Waals surface area contributed by atoms with Crippen LogP contribution in [0.15, 0.2) is 42.7 Å². The molecular formula is C15H14ClN3O. The number of benzene rings is 1. The van der Waals surface area contributed by atoms with Gasteiger partial charge >= 0.3 is 0 Å². The lowest BCUT2D eigenvalue weighted by Crippen LogP contribution is -2.44. The average molecular weight is 288 g/mol. The predicted molar refractivity (Wildman–Crippen MR) is 78.7 cm³/mol. The maximum atomic E-state index is 12.3. The van der Waals surface area contributed by atoms with Gasteiger partial charge in [-0.05, 0) is 23.6 Å². The molecule has 102 valence electrons. The van der Waals surface area contributed by atoms with Crippen molar-refractivity contribution in [2.75, 3.05) is 5.32 Å². The van der Waals surface area contributed by atoms with Crippen LogP contribution in [0.4, 0.5) is 5.69 Å². The number of amides is 1. The SMILES string of the molecule is O=C(Nc1cnccc1Cl)[C@H]1Cc2ccccc2CN1. The number of hydrogen-bond donors (Lipinski definition) is 2. The molecule has 1 aliphatic heterocycles. The standard InChI is InChI=1S/C15H14ClN3O/c16-12-5-6-17-9-14(12)19-15(20)13-7-10-3-1-2-4-11(10)8-18-13/h1-6,9,13,18H,7-8H2,(H,19,20)/t13-/m1/s1. The van der Waals surface area contributed by atoms with Gasteiger partial charge in [0.25, 0.3) is 0 Å². The second kappa shape index (κ2) is 5.61. The van der Waals surface area contributed by atoms with Crippen molar-refractivity contribution in [1.29, 1.82) is 0 Å². The molecule has 0 unspecified atom stereocenters. The minimum absolute atomic E-state index is 0.0885. The van der Waals surface area contributed by atoms with Crippen LogP contribution < -0.4 is 10.6 Å². The topological polar surface area (TPSA) is 54.0 Å². The maximum absolute atomic E-state index is 12.3. The number of fused-ring (bicyclic) bond motifs is 1. The summed E-state index contributed by atoms with van der Waals surface area (Å²) in [6, 6.07) is 9.55. The van der Waals surface area contributed by atoms with Crippen LogP contribution in [0.25, 0.3) is 0 Å². The normalized spacial score (nSPS) is 17.4. The molecular weight excluding hydrogens is 274 g/mol. The third kappa shape index (κ3) is 2.66. The lowest BCUT2D eigenvalue weighted by atomic mass is 9.95. The number of carbonyl (C=O) groups is 1. The van der Waals surface area contributed by atoms with E-state index >= 15 is 0 Å². The van der Waals surface area contributed by atoms with Gasteiger partial charge in [-0.25, -0.2) is 0 Å². The molecule has 2 aromatic rings. The quantitative estimate of drug-likeness (QED) is 0.892. The van der Waals surface area contributed by atoms with Crippen LogP contribution in [0.2, 0.25) is 5.02 Å². The van der Waals surface area contributed by atoms with Crippen LogP contribution >= 0.6 is 11.6 Å². The molecule has 4 nitrogen and oxygen atoms in total. The van der Waals surface area contributed by atoms with Gasteiger partial charge in [-0.15, -0.1) is 0 Å². The first kappa shape index (κ1) is 13.1. The molecule has 0 aliphatic carbocycles. The smallest absolute Gasteiger partial charge is 0.241 e. The van der Waals surface area contributed by atoms with E-state index in [1.807, 2.05) is 12.1 Å². The Kier molecular flexibility index (Phi) is 3.67. The zero-order valence-electron chi connectivity index (χ0n) is 10.8. The lowest BCUT2D eigenvalue weighted by molar-refractivity contribution is -0.118.